The highest BCUT2D eigenvalue weighted by Crippen LogP contribution is 2.27. The second kappa shape index (κ2) is 7.36. The van der Waals surface area contributed by atoms with E-state index in [-0.39, 0.29) is 5.75 Å². The van der Waals surface area contributed by atoms with E-state index in [1.54, 1.807) is 37.3 Å². The largest absolute Gasteiger partial charge is 0.508 e. The van der Waals surface area contributed by atoms with Crippen molar-refractivity contribution in [2.24, 2.45) is 5.10 Å². The molecule has 3 aromatic carbocycles. The van der Waals surface area contributed by atoms with Gasteiger partial charge in [0, 0.05) is 11.1 Å². The van der Waals surface area contributed by atoms with E-state index >= 15 is 0 Å². The molecule has 0 bridgehead atoms. The van der Waals surface area contributed by atoms with Crippen LogP contribution in [-0.4, -0.2) is 26.9 Å². The monoisotopic (exact) mass is 370 g/mol. The van der Waals surface area contributed by atoms with Crippen LogP contribution >= 0.6 is 0 Å². The van der Waals surface area contributed by atoms with Crippen molar-refractivity contribution in [2.45, 2.75) is 6.92 Å². The molecular weight excluding hydrogens is 352 g/mol. The topological polar surface area (TPSA) is 90.4 Å². The molecule has 0 saturated heterocycles. The smallest absolute Gasteiger partial charge is 0.289 e. The Morgan fingerprint density at radius 2 is 1.82 bits per heavy atom. The third-order valence-corrected chi connectivity index (χ3v) is 4.48. The van der Waals surface area contributed by atoms with Crippen molar-refractivity contribution in [2.75, 3.05) is 0 Å². The molecule has 6 nitrogen and oxygen atoms in total. The molecule has 4 rings (SSSR count). The number of benzene rings is 3. The van der Waals surface area contributed by atoms with E-state index in [9.17, 15) is 9.90 Å². The van der Waals surface area contributed by atoms with Crippen molar-refractivity contribution in [3.8, 4) is 17.0 Å². The van der Waals surface area contributed by atoms with Crippen LogP contribution in [0.4, 0.5) is 0 Å². The summed E-state index contributed by atoms with van der Waals surface area (Å²) in [7, 11) is 0. The number of hydrogen-bond acceptors (Lipinski definition) is 4. The number of H-pyrrole nitrogens is 1. The summed E-state index contributed by atoms with van der Waals surface area (Å²) >= 11 is 0. The van der Waals surface area contributed by atoms with Gasteiger partial charge in [-0.1, -0.05) is 54.6 Å². The van der Waals surface area contributed by atoms with Crippen LogP contribution in [0.3, 0.4) is 0 Å². The van der Waals surface area contributed by atoms with E-state index < -0.39 is 5.91 Å². The number of fused-ring (bicyclic) bond motifs is 1. The molecule has 0 spiro atoms. The van der Waals surface area contributed by atoms with Gasteiger partial charge in [0.25, 0.3) is 5.91 Å². The number of aromatic hydroxyl groups is 1. The van der Waals surface area contributed by atoms with Gasteiger partial charge in [-0.15, -0.1) is 0 Å². The lowest BCUT2D eigenvalue weighted by Gasteiger charge is -2.03. The summed E-state index contributed by atoms with van der Waals surface area (Å²) < 4.78 is 0. The summed E-state index contributed by atoms with van der Waals surface area (Å²) in [5.74, 6) is -0.245. The van der Waals surface area contributed by atoms with Crippen LogP contribution in [0.25, 0.3) is 22.0 Å². The second-order valence-electron chi connectivity index (χ2n) is 6.38. The Morgan fingerprint density at radius 1 is 1.04 bits per heavy atom. The summed E-state index contributed by atoms with van der Waals surface area (Å²) in [4.78, 5) is 12.4. The summed E-state index contributed by atoms with van der Waals surface area (Å²) in [6.07, 6.45) is 0. The van der Waals surface area contributed by atoms with Crippen LogP contribution in [0, 0.1) is 0 Å². The average Bonchev–Trinajstić information content (AvgIpc) is 3.21. The molecule has 138 valence electrons. The highest BCUT2D eigenvalue weighted by atomic mass is 16.3. The van der Waals surface area contributed by atoms with Gasteiger partial charge in [0.15, 0.2) is 0 Å². The molecule has 6 heteroatoms. The zero-order valence-electron chi connectivity index (χ0n) is 15.2. The fourth-order valence-corrected chi connectivity index (χ4v) is 3.02. The zero-order chi connectivity index (χ0) is 19.5. The third-order valence-electron chi connectivity index (χ3n) is 4.48. The van der Waals surface area contributed by atoms with Gasteiger partial charge < -0.3 is 5.11 Å². The van der Waals surface area contributed by atoms with Gasteiger partial charge in [-0.3, -0.25) is 9.89 Å². The molecule has 0 saturated carbocycles. The number of aromatic nitrogens is 2. The Morgan fingerprint density at radius 3 is 2.68 bits per heavy atom. The fraction of sp³-hybridized carbons (Fsp3) is 0.0455. The SMILES string of the molecule is CC(=NNC(=O)c1cc(-c2cccc3ccccc23)n[nH]1)c1cccc(O)c1. The first-order chi connectivity index (χ1) is 13.6. The normalized spacial score (nSPS) is 11.5. The minimum atomic E-state index is -0.390. The molecule has 3 N–H and O–H groups in total. The molecular formula is C22H18N4O2. The lowest BCUT2D eigenvalue weighted by molar-refractivity contribution is 0.0950. The minimum Gasteiger partial charge on any atom is -0.508 e. The molecule has 0 aliphatic carbocycles. The molecule has 0 atom stereocenters. The quantitative estimate of drug-likeness (QED) is 0.373. The van der Waals surface area contributed by atoms with Crippen LogP contribution in [-0.2, 0) is 0 Å². The molecule has 4 aromatic rings. The van der Waals surface area contributed by atoms with Gasteiger partial charge in [-0.25, -0.2) is 5.43 Å². The molecule has 0 radical (unpaired) electrons. The van der Waals surface area contributed by atoms with Gasteiger partial charge in [-0.05, 0) is 35.9 Å². The van der Waals surface area contributed by atoms with Crippen molar-refractivity contribution < 1.29 is 9.90 Å². The number of rotatable bonds is 4. The van der Waals surface area contributed by atoms with Crippen LogP contribution in [0.15, 0.2) is 77.9 Å². The molecule has 0 aliphatic heterocycles. The first kappa shape index (κ1) is 17.5. The first-order valence-corrected chi connectivity index (χ1v) is 8.79. The molecule has 0 aliphatic rings. The molecule has 1 aromatic heterocycles. The average molecular weight is 370 g/mol. The maximum atomic E-state index is 12.4. The van der Waals surface area contributed by atoms with Crippen LogP contribution in [0.1, 0.15) is 23.0 Å². The van der Waals surface area contributed by atoms with E-state index in [4.69, 9.17) is 0 Å². The van der Waals surface area contributed by atoms with Crippen molar-refractivity contribution in [3.05, 3.63) is 84.1 Å². The summed E-state index contributed by atoms with van der Waals surface area (Å²) in [6, 6.07) is 22.4. The number of phenols is 1. The van der Waals surface area contributed by atoms with Crippen molar-refractivity contribution in [1.29, 1.82) is 0 Å². The number of aromatic amines is 1. The van der Waals surface area contributed by atoms with E-state index in [1.807, 2.05) is 42.5 Å². The van der Waals surface area contributed by atoms with E-state index in [1.165, 1.54) is 0 Å². The van der Waals surface area contributed by atoms with Crippen LogP contribution in [0.5, 0.6) is 5.75 Å². The summed E-state index contributed by atoms with van der Waals surface area (Å²) in [5.41, 5.74) is 5.78. The number of carbonyl (C=O) groups is 1. The van der Waals surface area contributed by atoms with Gasteiger partial charge >= 0.3 is 0 Å². The fourth-order valence-electron chi connectivity index (χ4n) is 3.02. The maximum absolute atomic E-state index is 12.4. The van der Waals surface area contributed by atoms with Gasteiger partial charge in [0.05, 0.1) is 11.4 Å². The van der Waals surface area contributed by atoms with Gasteiger partial charge in [0.2, 0.25) is 0 Å². The Kier molecular flexibility index (Phi) is 4.60. The van der Waals surface area contributed by atoms with Crippen molar-refractivity contribution >= 4 is 22.4 Å². The van der Waals surface area contributed by atoms with E-state index in [0.29, 0.717) is 17.1 Å². The maximum Gasteiger partial charge on any atom is 0.289 e. The predicted molar refractivity (Wildman–Crippen MR) is 109 cm³/mol. The van der Waals surface area contributed by atoms with Gasteiger partial charge in [0.1, 0.15) is 11.4 Å². The Bertz CT molecular complexity index is 1190. The van der Waals surface area contributed by atoms with E-state index in [2.05, 4.69) is 20.7 Å². The number of phenolic OH excluding ortho intramolecular Hbond substituents is 1. The summed E-state index contributed by atoms with van der Waals surface area (Å²) in [5, 5.41) is 22.9. The lowest BCUT2D eigenvalue weighted by Crippen LogP contribution is -2.19. The van der Waals surface area contributed by atoms with Gasteiger partial charge in [-0.2, -0.15) is 10.2 Å². The number of nitrogens with one attached hydrogen (secondary N) is 2. The molecule has 0 fully saturated rings. The Hall–Kier alpha value is -3.93. The molecule has 28 heavy (non-hydrogen) atoms. The standard InChI is InChI=1S/C22H18N4O2/c1-14(16-8-4-9-17(27)12-16)23-26-22(28)21-13-20(24-25-21)19-11-5-7-15-6-2-3-10-18(15)19/h2-13,27H,1H3,(H,24,25)(H,26,28). The predicted octanol–water partition coefficient (Wildman–Crippen LogP) is 4.09. The molecule has 1 amide bonds. The third kappa shape index (κ3) is 3.48. The number of carbonyl (C=O) groups excluding carboxylic acids is 1. The minimum absolute atomic E-state index is 0.145. The zero-order valence-corrected chi connectivity index (χ0v) is 15.2. The van der Waals surface area contributed by atoms with Crippen molar-refractivity contribution in [3.63, 3.8) is 0 Å². The summed E-state index contributed by atoms with van der Waals surface area (Å²) in [6.45, 7) is 1.75. The first-order valence-electron chi connectivity index (χ1n) is 8.79. The highest BCUT2D eigenvalue weighted by Gasteiger charge is 2.12. The number of amides is 1. The van der Waals surface area contributed by atoms with Crippen molar-refractivity contribution in [1.82, 2.24) is 15.6 Å². The number of nitrogens with zero attached hydrogens (tertiary/aromatic N) is 2. The number of hydrazone groups is 1. The second-order valence-corrected chi connectivity index (χ2v) is 6.38. The van der Waals surface area contributed by atoms with Crippen LogP contribution < -0.4 is 5.43 Å². The Balaban J connectivity index is 1.55. The lowest BCUT2D eigenvalue weighted by atomic mass is 10.0. The van der Waals surface area contributed by atoms with E-state index in [0.717, 1.165) is 21.9 Å². The molecule has 0 unspecified atom stereocenters. The number of hydrogen-bond donors (Lipinski definition) is 3. The molecule has 1 heterocycles. The van der Waals surface area contributed by atoms with Crippen LogP contribution in [0.2, 0.25) is 0 Å². The Labute approximate surface area is 161 Å². The highest BCUT2D eigenvalue weighted by molar-refractivity contribution is 6.01.